The van der Waals surface area contributed by atoms with Gasteiger partial charge in [0.2, 0.25) is 5.75 Å². The molecule has 0 spiro atoms. The highest BCUT2D eigenvalue weighted by Gasteiger charge is 2.23. The van der Waals surface area contributed by atoms with Crippen molar-refractivity contribution in [2.75, 3.05) is 28.4 Å². The van der Waals surface area contributed by atoms with Gasteiger partial charge in [0.1, 0.15) is 0 Å². The van der Waals surface area contributed by atoms with Crippen LogP contribution >= 0.6 is 0 Å². The molecular formula is C23H23N3O6. The van der Waals surface area contributed by atoms with Crippen molar-refractivity contribution in [3.05, 3.63) is 58.8 Å². The van der Waals surface area contributed by atoms with Gasteiger partial charge in [0.05, 0.1) is 52.2 Å². The number of rotatable bonds is 7. The molecule has 2 heterocycles. The van der Waals surface area contributed by atoms with Crippen LogP contribution in [-0.2, 0) is 6.54 Å². The Morgan fingerprint density at radius 3 is 2.38 bits per heavy atom. The number of fused-ring (bicyclic) bond motifs is 1. The average molecular weight is 437 g/mol. The predicted octanol–water partition coefficient (Wildman–Crippen LogP) is 3.18. The minimum atomic E-state index is -0.273. The number of nitrogens with zero attached hydrogens (tertiary/aromatic N) is 2. The third-order valence-electron chi connectivity index (χ3n) is 5.28. The normalized spacial score (nSPS) is 10.9. The molecule has 0 atom stereocenters. The molecule has 0 saturated carbocycles. The number of imidazole rings is 1. The average Bonchev–Trinajstić information content (AvgIpc) is 3.12. The van der Waals surface area contributed by atoms with Crippen LogP contribution in [0.4, 0.5) is 0 Å². The van der Waals surface area contributed by atoms with Crippen molar-refractivity contribution in [1.29, 1.82) is 0 Å². The largest absolute Gasteiger partial charge is 0.504 e. The SMILES string of the molecule is COc1ccc(-c2c(Cn3c(=O)[nH]c4cnccc43)cc(OC)c(OC)c2OC)cc1O. The van der Waals surface area contributed by atoms with Crippen molar-refractivity contribution in [1.82, 2.24) is 14.5 Å². The van der Waals surface area contributed by atoms with Crippen LogP contribution in [0.5, 0.6) is 28.7 Å². The lowest BCUT2D eigenvalue weighted by Gasteiger charge is -2.20. The van der Waals surface area contributed by atoms with E-state index in [1.165, 1.54) is 28.4 Å². The third kappa shape index (κ3) is 3.47. The molecule has 2 aromatic heterocycles. The van der Waals surface area contributed by atoms with Gasteiger partial charge in [-0.15, -0.1) is 0 Å². The molecule has 9 heteroatoms. The minimum Gasteiger partial charge on any atom is -0.504 e. The van der Waals surface area contributed by atoms with E-state index in [-0.39, 0.29) is 18.0 Å². The first-order valence-electron chi connectivity index (χ1n) is 9.74. The first-order valence-corrected chi connectivity index (χ1v) is 9.74. The van der Waals surface area contributed by atoms with Gasteiger partial charge in [-0.25, -0.2) is 4.79 Å². The lowest BCUT2D eigenvalue weighted by molar-refractivity contribution is 0.324. The van der Waals surface area contributed by atoms with E-state index in [1.807, 2.05) is 0 Å². The van der Waals surface area contributed by atoms with Crippen LogP contribution in [0.3, 0.4) is 0 Å². The van der Waals surface area contributed by atoms with Gasteiger partial charge in [-0.1, -0.05) is 6.07 Å². The smallest absolute Gasteiger partial charge is 0.326 e. The van der Waals surface area contributed by atoms with E-state index in [4.69, 9.17) is 18.9 Å². The van der Waals surface area contributed by atoms with Crippen LogP contribution < -0.4 is 24.6 Å². The zero-order chi connectivity index (χ0) is 22.8. The molecule has 0 aliphatic heterocycles. The summed E-state index contributed by atoms with van der Waals surface area (Å²) in [6, 6.07) is 8.60. The number of H-pyrrole nitrogens is 1. The molecule has 0 unspecified atom stereocenters. The molecule has 166 valence electrons. The monoisotopic (exact) mass is 437 g/mol. The summed E-state index contributed by atoms with van der Waals surface area (Å²) >= 11 is 0. The van der Waals surface area contributed by atoms with Gasteiger partial charge < -0.3 is 29.0 Å². The molecule has 2 aromatic carbocycles. The van der Waals surface area contributed by atoms with Crippen LogP contribution in [0.25, 0.3) is 22.2 Å². The van der Waals surface area contributed by atoms with E-state index in [0.717, 1.165) is 5.56 Å². The standard InChI is InChI=1S/C23H23N3O6/c1-29-18-6-5-13(9-17(18)27)20-14(10-19(30-2)21(31-3)22(20)32-4)12-26-16-7-8-24-11-15(16)25-23(26)28/h5-11,27H,12H2,1-4H3,(H,25,28). The molecule has 32 heavy (non-hydrogen) atoms. The molecule has 0 amide bonds. The third-order valence-corrected chi connectivity index (χ3v) is 5.28. The summed E-state index contributed by atoms with van der Waals surface area (Å²) < 4.78 is 23.6. The Morgan fingerprint density at radius 1 is 0.969 bits per heavy atom. The van der Waals surface area contributed by atoms with Gasteiger partial charge in [-0.3, -0.25) is 9.55 Å². The van der Waals surface area contributed by atoms with Crippen LogP contribution in [0.15, 0.2) is 47.5 Å². The number of phenolic OH excluding ortho intramolecular Hbond substituents is 1. The highest BCUT2D eigenvalue weighted by Crippen LogP contribution is 2.48. The van der Waals surface area contributed by atoms with E-state index in [2.05, 4.69) is 9.97 Å². The Morgan fingerprint density at radius 2 is 1.72 bits per heavy atom. The zero-order valence-electron chi connectivity index (χ0n) is 18.1. The summed E-state index contributed by atoms with van der Waals surface area (Å²) in [5.74, 6) is 1.59. The Kier molecular flexibility index (Phi) is 5.63. The fraction of sp³-hybridized carbons (Fsp3) is 0.217. The lowest BCUT2D eigenvalue weighted by atomic mass is 9.96. The van der Waals surface area contributed by atoms with Gasteiger partial charge in [0.15, 0.2) is 23.0 Å². The summed E-state index contributed by atoms with van der Waals surface area (Å²) in [5, 5.41) is 10.4. The Labute approximate surface area is 183 Å². The van der Waals surface area contributed by atoms with Crippen LogP contribution in [0.1, 0.15) is 5.56 Å². The highest BCUT2D eigenvalue weighted by molar-refractivity contribution is 5.81. The Balaban J connectivity index is 1.99. The second kappa shape index (κ2) is 8.54. The van der Waals surface area contributed by atoms with Crippen LogP contribution in [-0.4, -0.2) is 48.1 Å². The summed E-state index contributed by atoms with van der Waals surface area (Å²) in [4.78, 5) is 19.6. The number of hydrogen-bond donors (Lipinski definition) is 2. The molecule has 0 saturated heterocycles. The van der Waals surface area contributed by atoms with Crippen LogP contribution in [0, 0.1) is 0 Å². The number of methoxy groups -OCH3 is 4. The van der Waals surface area contributed by atoms with E-state index < -0.39 is 0 Å². The maximum Gasteiger partial charge on any atom is 0.326 e. The zero-order valence-corrected chi connectivity index (χ0v) is 18.1. The Bertz CT molecular complexity index is 1340. The van der Waals surface area contributed by atoms with Crippen molar-refractivity contribution < 1.29 is 24.1 Å². The lowest BCUT2D eigenvalue weighted by Crippen LogP contribution is -2.18. The maximum absolute atomic E-state index is 12.7. The molecule has 0 bridgehead atoms. The second-order valence-electron chi connectivity index (χ2n) is 6.98. The number of aromatic amines is 1. The highest BCUT2D eigenvalue weighted by atomic mass is 16.5. The fourth-order valence-electron chi connectivity index (χ4n) is 3.83. The predicted molar refractivity (Wildman–Crippen MR) is 119 cm³/mol. The number of ether oxygens (including phenoxy) is 4. The number of nitrogens with one attached hydrogen (secondary N) is 1. The molecule has 0 radical (unpaired) electrons. The fourth-order valence-corrected chi connectivity index (χ4v) is 3.83. The number of benzene rings is 2. The van der Waals surface area contributed by atoms with Crippen molar-refractivity contribution in [3.63, 3.8) is 0 Å². The van der Waals surface area contributed by atoms with Gasteiger partial charge in [0, 0.05) is 11.8 Å². The number of aromatic nitrogens is 3. The van der Waals surface area contributed by atoms with Crippen molar-refractivity contribution in [2.24, 2.45) is 0 Å². The van der Waals surface area contributed by atoms with E-state index in [9.17, 15) is 9.90 Å². The molecule has 4 aromatic rings. The number of aromatic hydroxyl groups is 1. The van der Waals surface area contributed by atoms with Crippen molar-refractivity contribution in [2.45, 2.75) is 6.54 Å². The topological polar surface area (TPSA) is 108 Å². The van der Waals surface area contributed by atoms with Gasteiger partial charge in [-0.05, 0) is 35.4 Å². The van der Waals surface area contributed by atoms with Crippen molar-refractivity contribution in [3.8, 4) is 39.9 Å². The number of pyridine rings is 1. The first-order chi connectivity index (χ1) is 15.5. The maximum atomic E-state index is 12.7. The van der Waals surface area contributed by atoms with Crippen LogP contribution in [0.2, 0.25) is 0 Å². The van der Waals surface area contributed by atoms with E-state index in [1.54, 1.807) is 47.3 Å². The molecular weight excluding hydrogens is 414 g/mol. The van der Waals surface area contributed by atoms with Gasteiger partial charge in [-0.2, -0.15) is 0 Å². The van der Waals surface area contributed by atoms with Crippen molar-refractivity contribution >= 4 is 11.0 Å². The minimum absolute atomic E-state index is 0.0249. The van der Waals surface area contributed by atoms with Gasteiger partial charge in [0.25, 0.3) is 0 Å². The van der Waals surface area contributed by atoms with E-state index >= 15 is 0 Å². The summed E-state index contributed by atoms with van der Waals surface area (Å²) in [6.07, 6.45) is 3.23. The molecule has 4 rings (SSSR count). The molecule has 0 aliphatic rings. The molecule has 0 aliphatic carbocycles. The molecule has 2 N–H and O–H groups in total. The quantitative estimate of drug-likeness (QED) is 0.457. The number of hydrogen-bond acceptors (Lipinski definition) is 7. The first kappa shape index (κ1) is 21.1. The summed E-state index contributed by atoms with van der Waals surface area (Å²) in [6.45, 7) is 0.210. The summed E-state index contributed by atoms with van der Waals surface area (Å²) in [7, 11) is 6.06. The molecule has 0 fully saturated rings. The number of phenols is 1. The molecule has 9 nitrogen and oxygen atoms in total. The van der Waals surface area contributed by atoms with E-state index in [0.29, 0.717) is 45.2 Å². The second-order valence-corrected chi connectivity index (χ2v) is 6.98. The Hall–Kier alpha value is -4.14. The van der Waals surface area contributed by atoms with Gasteiger partial charge >= 0.3 is 5.69 Å². The summed E-state index contributed by atoms with van der Waals surface area (Å²) in [5.41, 5.74) is 3.11.